The summed E-state index contributed by atoms with van der Waals surface area (Å²) in [6.45, 7) is 13.3. The Hall–Kier alpha value is -1.29. The topological polar surface area (TPSA) is 38.3 Å². The summed E-state index contributed by atoms with van der Waals surface area (Å²) in [5.74, 6) is 0. The number of aryl methyl sites for hydroxylation is 1. The van der Waals surface area contributed by atoms with E-state index in [0.29, 0.717) is 0 Å². The molecule has 0 bridgehead atoms. The molecule has 0 fully saturated rings. The minimum atomic E-state index is -0.488. The maximum atomic E-state index is 11.7. The Morgan fingerprint density at radius 1 is 1.47 bits per heavy atom. The van der Waals surface area contributed by atoms with Crippen LogP contribution in [-0.2, 0) is 4.74 Å². The van der Waals surface area contributed by atoms with Crippen molar-refractivity contribution in [3.63, 3.8) is 0 Å². The molecule has 0 saturated carbocycles. The summed E-state index contributed by atoms with van der Waals surface area (Å²) < 4.78 is 5.21. The number of carbonyl (C=O) groups excluding carboxylic acids is 1. The normalized spacial score (nSPS) is 11.1. The summed E-state index contributed by atoms with van der Waals surface area (Å²) in [5, 5.41) is 2.76. The molecule has 1 rings (SSSR count). The highest BCUT2D eigenvalue weighted by molar-refractivity contribution is 7.13. The number of thiophene rings is 1. The molecule has 1 aromatic rings. The quantitative estimate of drug-likeness (QED) is 0.846. The van der Waals surface area contributed by atoms with E-state index in [1.54, 1.807) is 11.3 Å². The third kappa shape index (κ3) is 4.23. The number of amides is 1. The van der Waals surface area contributed by atoms with Gasteiger partial charge in [0.15, 0.2) is 0 Å². The number of anilines is 1. The van der Waals surface area contributed by atoms with Gasteiger partial charge in [0, 0.05) is 4.88 Å². The molecule has 1 N–H and O–H groups in total. The van der Waals surface area contributed by atoms with Gasteiger partial charge in [-0.3, -0.25) is 5.32 Å². The van der Waals surface area contributed by atoms with Crippen LogP contribution in [0.1, 0.15) is 37.4 Å². The van der Waals surface area contributed by atoms with Crippen molar-refractivity contribution < 1.29 is 9.53 Å². The molecule has 0 atom stereocenters. The van der Waals surface area contributed by atoms with Gasteiger partial charge in [-0.15, -0.1) is 11.3 Å². The van der Waals surface area contributed by atoms with Gasteiger partial charge < -0.3 is 4.74 Å². The SMILES string of the molecule is C=C(C)c1sc(C)cc1NC(=O)OC(C)(C)C. The third-order valence-corrected chi connectivity index (χ3v) is 3.09. The largest absolute Gasteiger partial charge is 0.444 e. The number of ether oxygens (including phenoxy) is 1. The Balaban J connectivity index is 2.81. The molecule has 0 aliphatic carbocycles. The molecule has 3 nitrogen and oxygen atoms in total. The van der Waals surface area contributed by atoms with Gasteiger partial charge in [0.05, 0.1) is 10.6 Å². The average Bonchev–Trinajstić information content (AvgIpc) is 2.42. The number of hydrogen-bond donors (Lipinski definition) is 1. The van der Waals surface area contributed by atoms with E-state index in [1.807, 2.05) is 40.7 Å². The van der Waals surface area contributed by atoms with E-state index in [0.717, 1.165) is 21.0 Å². The molecule has 1 amide bonds. The Morgan fingerprint density at radius 2 is 2.06 bits per heavy atom. The highest BCUT2D eigenvalue weighted by atomic mass is 32.1. The lowest BCUT2D eigenvalue weighted by molar-refractivity contribution is 0.0636. The van der Waals surface area contributed by atoms with E-state index in [9.17, 15) is 4.79 Å². The van der Waals surface area contributed by atoms with Crippen molar-refractivity contribution in [3.8, 4) is 0 Å². The maximum absolute atomic E-state index is 11.7. The summed E-state index contributed by atoms with van der Waals surface area (Å²) in [6, 6.07) is 1.93. The maximum Gasteiger partial charge on any atom is 0.412 e. The van der Waals surface area contributed by atoms with Crippen LogP contribution < -0.4 is 5.32 Å². The predicted octanol–water partition coefficient (Wildman–Crippen LogP) is 4.44. The van der Waals surface area contributed by atoms with Gasteiger partial charge in [-0.1, -0.05) is 6.58 Å². The smallest absolute Gasteiger partial charge is 0.412 e. The van der Waals surface area contributed by atoms with Crippen molar-refractivity contribution in [2.75, 3.05) is 5.32 Å². The van der Waals surface area contributed by atoms with Crippen molar-refractivity contribution in [3.05, 3.63) is 22.4 Å². The zero-order chi connectivity index (χ0) is 13.2. The van der Waals surface area contributed by atoms with Crippen molar-refractivity contribution in [1.82, 2.24) is 0 Å². The summed E-state index contributed by atoms with van der Waals surface area (Å²) in [7, 11) is 0. The average molecular weight is 253 g/mol. The van der Waals surface area contributed by atoms with E-state index in [2.05, 4.69) is 11.9 Å². The predicted molar refractivity (Wildman–Crippen MR) is 73.6 cm³/mol. The van der Waals surface area contributed by atoms with Crippen LogP contribution in [0.15, 0.2) is 12.6 Å². The van der Waals surface area contributed by atoms with E-state index < -0.39 is 11.7 Å². The van der Waals surface area contributed by atoms with Gasteiger partial charge in [0.1, 0.15) is 5.60 Å². The van der Waals surface area contributed by atoms with Crippen molar-refractivity contribution in [2.24, 2.45) is 0 Å². The van der Waals surface area contributed by atoms with Crippen LogP contribution in [0.4, 0.5) is 10.5 Å². The molecule has 1 heterocycles. The molecule has 4 heteroatoms. The van der Waals surface area contributed by atoms with Gasteiger partial charge >= 0.3 is 6.09 Å². The summed E-state index contributed by atoms with van der Waals surface area (Å²) in [6.07, 6.45) is -0.433. The van der Waals surface area contributed by atoms with E-state index >= 15 is 0 Å². The second kappa shape index (κ2) is 4.92. The zero-order valence-corrected chi connectivity index (χ0v) is 11.8. The number of rotatable bonds is 2. The first kappa shape index (κ1) is 13.8. The van der Waals surface area contributed by atoms with Crippen molar-refractivity contribution >= 4 is 28.7 Å². The fraction of sp³-hybridized carbons (Fsp3) is 0.462. The Bertz CT molecular complexity index is 441. The molecular formula is C13H19NO2S. The lowest BCUT2D eigenvalue weighted by atomic mass is 10.2. The van der Waals surface area contributed by atoms with Crippen LogP contribution in [0.3, 0.4) is 0 Å². The number of hydrogen-bond acceptors (Lipinski definition) is 3. The third-order valence-electron chi connectivity index (χ3n) is 1.88. The second-order valence-corrected chi connectivity index (χ2v) is 6.26. The molecule has 94 valence electrons. The van der Waals surface area contributed by atoms with Gasteiger partial charge in [-0.25, -0.2) is 4.79 Å². The highest BCUT2D eigenvalue weighted by Crippen LogP contribution is 2.32. The van der Waals surface area contributed by atoms with E-state index in [-0.39, 0.29) is 0 Å². The molecule has 0 saturated heterocycles. The fourth-order valence-corrected chi connectivity index (χ4v) is 2.23. The first-order valence-corrected chi connectivity index (χ1v) is 6.27. The number of carbonyl (C=O) groups is 1. The van der Waals surface area contributed by atoms with Crippen LogP contribution in [0.5, 0.6) is 0 Å². The molecule has 0 radical (unpaired) electrons. The summed E-state index contributed by atoms with van der Waals surface area (Å²) in [4.78, 5) is 13.8. The van der Waals surface area contributed by atoms with Gasteiger partial charge in [0.2, 0.25) is 0 Å². The molecule has 0 aliphatic heterocycles. The lowest BCUT2D eigenvalue weighted by Crippen LogP contribution is -2.27. The van der Waals surface area contributed by atoms with Crippen LogP contribution in [-0.4, -0.2) is 11.7 Å². The van der Waals surface area contributed by atoms with Gasteiger partial charge in [0.25, 0.3) is 0 Å². The first-order chi connectivity index (χ1) is 7.69. The van der Waals surface area contributed by atoms with Gasteiger partial charge in [-0.2, -0.15) is 0 Å². The molecule has 17 heavy (non-hydrogen) atoms. The molecule has 0 unspecified atom stereocenters. The van der Waals surface area contributed by atoms with Crippen molar-refractivity contribution in [1.29, 1.82) is 0 Å². The molecule has 0 spiro atoms. The molecule has 0 aromatic carbocycles. The van der Waals surface area contributed by atoms with E-state index in [1.165, 1.54) is 0 Å². The summed E-state index contributed by atoms with van der Waals surface area (Å²) in [5.41, 5.74) is 1.22. The van der Waals surface area contributed by atoms with Crippen LogP contribution >= 0.6 is 11.3 Å². The lowest BCUT2D eigenvalue weighted by Gasteiger charge is -2.19. The fourth-order valence-electron chi connectivity index (χ4n) is 1.34. The van der Waals surface area contributed by atoms with Crippen molar-refractivity contribution in [2.45, 2.75) is 40.2 Å². The monoisotopic (exact) mass is 253 g/mol. The summed E-state index contributed by atoms with van der Waals surface area (Å²) >= 11 is 1.61. The number of nitrogens with one attached hydrogen (secondary N) is 1. The van der Waals surface area contributed by atoms with Gasteiger partial charge in [-0.05, 0) is 46.3 Å². The van der Waals surface area contributed by atoms with Crippen LogP contribution in [0.25, 0.3) is 5.57 Å². The Labute approximate surface area is 106 Å². The molecule has 1 aromatic heterocycles. The van der Waals surface area contributed by atoms with Crippen LogP contribution in [0, 0.1) is 6.92 Å². The highest BCUT2D eigenvalue weighted by Gasteiger charge is 2.18. The minimum Gasteiger partial charge on any atom is -0.444 e. The second-order valence-electron chi connectivity index (χ2n) is 5.01. The van der Waals surface area contributed by atoms with Crippen LogP contribution in [0.2, 0.25) is 0 Å². The molecule has 0 aliphatic rings. The molecular weight excluding hydrogens is 234 g/mol. The number of allylic oxidation sites excluding steroid dienone is 1. The Morgan fingerprint density at radius 3 is 2.53 bits per heavy atom. The zero-order valence-electron chi connectivity index (χ0n) is 11.0. The first-order valence-electron chi connectivity index (χ1n) is 5.45. The van der Waals surface area contributed by atoms with E-state index in [4.69, 9.17) is 4.74 Å². The Kier molecular flexibility index (Phi) is 3.98. The minimum absolute atomic E-state index is 0.433. The standard InChI is InChI=1S/C13H19NO2S/c1-8(2)11-10(7-9(3)17-11)14-12(15)16-13(4,5)6/h7H,1H2,2-6H3,(H,14,15).